The van der Waals surface area contributed by atoms with Gasteiger partial charge >= 0.3 is 0 Å². The minimum absolute atomic E-state index is 0.500. The van der Waals surface area contributed by atoms with Gasteiger partial charge in [-0.25, -0.2) is 9.97 Å². The highest BCUT2D eigenvalue weighted by atomic mass is 16.3. The van der Waals surface area contributed by atoms with E-state index in [9.17, 15) is 5.11 Å². The Kier molecular flexibility index (Phi) is 4.22. The number of anilines is 1. The third kappa shape index (κ3) is 3.00. The molecule has 1 aliphatic heterocycles. The van der Waals surface area contributed by atoms with E-state index in [-0.39, 0.29) is 0 Å². The molecule has 0 spiro atoms. The molecule has 5 nitrogen and oxygen atoms in total. The van der Waals surface area contributed by atoms with Gasteiger partial charge < -0.3 is 10.0 Å². The summed E-state index contributed by atoms with van der Waals surface area (Å²) >= 11 is 0. The van der Waals surface area contributed by atoms with Crippen LogP contribution in [0.3, 0.4) is 0 Å². The molecule has 0 saturated carbocycles. The number of rotatable bonds is 2. The van der Waals surface area contributed by atoms with E-state index in [4.69, 9.17) is 9.97 Å². The van der Waals surface area contributed by atoms with Crippen LogP contribution in [0.2, 0.25) is 0 Å². The summed E-state index contributed by atoms with van der Waals surface area (Å²) in [6.07, 6.45) is 2.07. The highest BCUT2D eigenvalue weighted by molar-refractivity contribution is 5.91. The Morgan fingerprint density at radius 3 is 2.61 bits per heavy atom. The number of aliphatic hydroxyl groups is 1. The molecule has 4 aromatic rings. The minimum Gasteiger partial charge on any atom is -0.387 e. The number of hydrogen-bond acceptors (Lipinski definition) is 5. The Bertz CT molecular complexity index is 1130. The van der Waals surface area contributed by atoms with Crippen molar-refractivity contribution in [3.05, 3.63) is 84.1 Å². The molecule has 0 saturated heterocycles. The molecule has 0 radical (unpaired) electrons. The molecule has 0 fully saturated rings. The van der Waals surface area contributed by atoms with Gasteiger partial charge in [-0.3, -0.25) is 4.98 Å². The van der Waals surface area contributed by atoms with Crippen molar-refractivity contribution in [1.82, 2.24) is 15.0 Å². The zero-order chi connectivity index (χ0) is 18.9. The number of aliphatic hydroxyl groups excluding tert-OH is 1. The summed E-state index contributed by atoms with van der Waals surface area (Å²) in [5.41, 5.74) is 3.83. The first-order valence-electron chi connectivity index (χ1n) is 9.48. The summed E-state index contributed by atoms with van der Waals surface area (Å²) in [6, 6.07) is 21.9. The Morgan fingerprint density at radius 1 is 0.893 bits per heavy atom. The summed E-state index contributed by atoms with van der Waals surface area (Å²) in [6.45, 7) is 1.29. The van der Waals surface area contributed by atoms with Gasteiger partial charge in [0.1, 0.15) is 11.5 Å². The second kappa shape index (κ2) is 7.02. The maximum atomic E-state index is 10.8. The van der Waals surface area contributed by atoms with Crippen molar-refractivity contribution >= 4 is 16.7 Å². The van der Waals surface area contributed by atoms with E-state index in [1.165, 1.54) is 5.56 Å². The number of pyridine rings is 1. The monoisotopic (exact) mass is 368 g/mol. The molecule has 28 heavy (non-hydrogen) atoms. The molecule has 0 amide bonds. The van der Waals surface area contributed by atoms with Crippen molar-refractivity contribution < 1.29 is 5.11 Å². The highest BCUT2D eigenvalue weighted by Crippen LogP contribution is 2.31. The van der Waals surface area contributed by atoms with Gasteiger partial charge in [-0.2, -0.15) is 0 Å². The molecule has 2 aromatic carbocycles. The smallest absolute Gasteiger partial charge is 0.180 e. The van der Waals surface area contributed by atoms with E-state index in [1.54, 1.807) is 6.20 Å². The topological polar surface area (TPSA) is 62.1 Å². The number of aromatic nitrogens is 3. The van der Waals surface area contributed by atoms with E-state index >= 15 is 0 Å². The van der Waals surface area contributed by atoms with Gasteiger partial charge in [0.25, 0.3) is 0 Å². The van der Waals surface area contributed by atoms with Crippen LogP contribution in [-0.2, 0) is 6.42 Å². The number of fused-ring (bicyclic) bond motifs is 2. The second-order valence-electron chi connectivity index (χ2n) is 7.01. The standard InChI is InChI=1S/C23H20N4O/c28-21-15-27(14-12-16-7-1-2-8-17(16)21)23-18-9-3-4-10-19(18)25-22(26-23)20-11-5-6-13-24-20/h1-11,13,21,28H,12,14-15H2. The van der Waals surface area contributed by atoms with Gasteiger partial charge in [0.2, 0.25) is 0 Å². The Balaban J connectivity index is 1.62. The molecular formula is C23H20N4O. The molecule has 5 heteroatoms. The average Bonchev–Trinajstić information content (AvgIpc) is 2.93. The summed E-state index contributed by atoms with van der Waals surface area (Å²) in [4.78, 5) is 16.2. The Morgan fingerprint density at radius 2 is 1.71 bits per heavy atom. The SMILES string of the molecule is OC1CN(c2nc(-c3ccccn3)nc3ccccc23)CCc2ccccc21. The number of nitrogens with zero attached hydrogens (tertiary/aromatic N) is 4. The van der Waals surface area contributed by atoms with Crippen molar-refractivity contribution in [3.8, 4) is 11.5 Å². The quantitative estimate of drug-likeness (QED) is 0.583. The number of benzene rings is 2. The zero-order valence-electron chi connectivity index (χ0n) is 15.4. The lowest BCUT2D eigenvalue weighted by molar-refractivity contribution is 0.185. The molecule has 138 valence electrons. The normalized spacial score (nSPS) is 16.6. The van der Waals surface area contributed by atoms with E-state index in [2.05, 4.69) is 16.0 Å². The van der Waals surface area contributed by atoms with Gasteiger partial charge in [-0.1, -0.05) is 42.5 Å². The first kappa shape index (κ1) is 16.8. The summed E-state index contributed by atoms with van der Waals surface area (Å²) in [7, 11) is 0. The molecule has 0 aliphatic carbocycles. The molecule has 1 N–H and O–H groups in total. The van der Waals surface area contributed by atoms with Crippen LogP contribution in [0.4, 0.5) is 5.82 Å². The number of hydrogen-bond donors (Lipinski definition) is 1. The predicted molar refractivity (Wildman–Crippen MR) is 110 cm³/mol. The van der Waals surface area contributed by atoms with Gasteiger partial charge in [0, 0.05) is 24.7 Å². The van der Waals surface area contributed by atoms with Crippen molar-refractivity contribution in [2.45, 2.75) is 12.5 Å². The highest BCUT2D eigenvalue weighted by Gasteiger charge is 2.24. The molecule has 0 bridgehead atoms. The van der Waals surface area contributed by atoms with Gasteiger partial charge in [0.05, 0.1) is 11.6 Å². The van der Waals surface area contributed by atoms with Gasteiger partial charge in [0.15, 0.2) is 5.82 Å². The summed E-state index contributed by atoms with van der Waals surface area (Å²) in [5, 5.41) is 11.8. The molecule has 3 heterocycles. The van der Waals surface area contributed by atoms with Crippen LogP contribution in [0.1, 0.15) is 17.2 Å². The third-order valence-electron chi connectivity index (χ3n) is 5.24. The summed E-state index contributed by atoms with van der Waals surface area (Å²) < 4.78 is 0. The van der Waals surface area contributed by atoms with Crippen LogP contribution in [0, 0.1) is 0 Å². The van der Waals surface area contributed by atoms with Crippen LogP contribution in [-0.4, -0.2) is 33.1 Å². The minimum atomic E-state index is -0.550. The average molecular weight is 368 g/mol. The molecular weight excluding hydrogens is 348 g/mol. The Labute approximate surface area is 163 Å². The van der Waals surface area contributed by atoms with E-state index in [1.807, 2.05) is 60.7 Å². The fourth-order valence-corrected chi connectivity index (χ4v) is 3.84. The molecule has 5 rings (SSSR count). The third-order valence-corrected chi connectivity index (χ3v) is 5.24. The predicted octanol–water partition coefficient (Wildman–Crippen LogP) is 3.79. The fraction of sp³-hybridized carbons (Fsp3) is 0.174. The van der Waals surface area contributed by atoms with Crippen LogP contribution in [0.25, 0.3) is 22.4 Å². The van der Waals surface area contributed by atoms with Crippen LogP contribution < -0.4 is 4.90 Å². The van der Waals surface area contributed by atoms with E-state index in [0.29, 0.717) is 12.4 Å². The number of para-hydroxylation sites is 1. The first-order valence-corrected chi connectivity index (χ1v) is 9.48. The Hall–Kier alpha value is -3.31. The van der Waals surface area contributed by atoms with Crippen molar-refractivity contribution in [3.63, 3.8) is 0 Å². The van der Waals surface area contributed by atoms with Crippen LogP contribution in [0.15, 0.2) is 72.9 Å². The van der Waals surface area contributed by atoms with Crippen molar-refractivity contribution in [2.24, 2.45) is 0 Å². The van der Waals surface area contributed by atoms with Crippen LogP contribution >= 0.6 is 0 Å². The molecule has 1 unspecified atom stereocenters. The van der Waals surface area contributed by atoms with Crippen LogP contribution in [0.5, 0.6) is 0 Å². The van der Waals surface area contributed by atoms with Gasteiger partial charge in [-0.05, 0) is 41.8 Å². The van der Waals surface area contributed by atoms with Crippen molar-refractivity contribution in [2.75, 3.05) is 18.0 Å². The molecule has 1 atom stereocenters. The lowest BCUT2D eigenvalue weighted by atomic mass is 10.0. The summed E-state index contributed by atoms with van der Waals surface area (Å²) in [5.74, 6) is 1.45. The first-order chi connectivity index (χ1) is 13.8. The largest absolute Gasteiger partial charge is 0.387 e. The lowest BCUT2D eigenvalue weighted by Gasteiger charge is -2.25. The fourth-order valence-electron chi connectivity index (χ4n) is 3.84. The molecule has 2 aromatic heterocycles. The number of β-amino-alcohol motifs (C(OH)–C–C–N with tert-alkyl or cyclic N) is 1. The van der Waals surface area contributed by atoms with Crippen molar-refractivity contribution in [1.29, 1.82) is 0 Å². The van der Waals surface area contributed by atoms with E-state index < -0.39 is 6.10 Å². The zero-order valence-corrected chi connectivity index (χ0v) is 15.4. The maximum Gasteiger partial charge on any atom is 0.180 e. The van der Waals surface area contributed by atoms with E-state index in [0.717, 1.165) is 40.9 Å². The van der Waals surface area contributed by atoms with Gasteiger partial charge in [-0.15, -0.1) is 0 Å². The second-order valence-corrected chi connectivity index (χ2v) is 7.01. The lowest BCUT2D eigenvalue weighted by Crippen LogP contribution is -2.29. The molecule has 1 aliphatic rings. The maximum absolute atomic E-state index is 10.8.